The molecule has 0 aliphatic carbocycles. The van der Waals surface area contributed by atoms with Crippen LogP contribution in [0.15, 0.2) is 60.7 Å². The molecule has 1 amide bonds. The van der Waals surface area contributed by atoms with Crippen molar-refractivity contribution >= 4 is 16.9 Å². The highest BCUT2D eigenvalue weighted by Gasteiger charge is 2.11. The molecular formula is C20H20FN3O. The van der Waals surface area contributed by atoms with Crippen LogP contribution in [-0.4, -0.2) is 22.0 Å². The molecule has 1 N–H and O–H groups in total. The van der Waals surface area contributed by atoms with Crippen LogP contribution in [-0.2, 0) is 17.8 Å². The molecule has 0 radical (unpaired) electrons. The molecule has 3 rings (SSSR count). The van der Waals surface area contributed by atoms with Gasteiger partial charge in [-0.1, -0.05) is 30.8 Å². The summed E-state index contributed by atoms with van der Waals surface area (Å²) in [5.41, 5.74) is 3.41. The second kappa shape index (κ2) is 7.30. The van der Waals surface area contributed by atoms with Gasteiger partial charge in [-0.05, 0) is 36.8 Å². The number of nitrogens with one attached hydrogen (secondary N) is 1. The zero-order chi connectivity index (χ0) is 17.8. The first-order chi connectivity index (χ1) is 12.0. The van der Waals surface area contributed by atoms with Gasteiger partial charge in [0, 0.05) is 25.1 Å². The Hall–Kier alpha value is -2.95. The van der Waals surface area contributed by atoms with E-state index < -0.39 is 0 Å². The Balaban J connectivity index is 1.85. The minimum absolute atomic E-state index is 0.152. The highest BCUT2D eigenvalue weighted by atomic mass is 19.1. The lowest BCUT2D eigenvalue weighted by Gasteiger charge is -2.10. The van der Waals surface area contributed by atoms with E-state index in [1.807, 2.05) is 24.3 Å². The minimum atomic E-state index is -0.248. The number of carbonyl (C=O) groups excluding carboxylic acids is 1. The number of aromatic nitrogens is 2. The van der Waals surface area contributed by atoms with Crippen LogP contribution in [0, 0.1) is 5.82 Å². The van der Waals surface area contributed by atoms with Crippen molar-refractivity contribution in [3.63, 3.8) is 0 Å². The summed E-state index contributed by atoms with van der Waals surface area (Å²) in [5, 5.41) is 2.83. The molecule has 0 aliphatic rings. The number of fused-ring (bicyclic) bond motifs is 1. The van der Waals surface area contributed by atoms with Gasteiger partial charge in [0.05, 0.1) is 11.0 Å². The summed E-state index contributed by atoms with van der Waals surface area (Å²) in [5.74, 6) is 0.482. The number of carbonyl (C=O) groups is 1. The number of para-hydroxylation sites is 2. The zero-order valence-corrected chi connectivity index (χ0v) is 14.1. The van der Waals surface area contributed by atoms with Crippen molar-refractivity contribution in [3.05, 3.63) is 77.9 Å². The van der Waals surface area contributed by atoms with E-state index >= 15 is 0 Å². The molecule has 0 fully saturated rings. The number of imidazole rings is 1. The second-order valence-electron chi connectivity index (χ2n) is 6.02. The van der Waals surface area contributed by atoms with Crippen molar-refractivity contribution in [1.29, 1.82) is 0 Å². The molecule has 0 saturated carbocycles. The Bertz CT molecular complexity index is 912. The Morgan fingerprint density at radius 3 is 2.64 bits per heavy atom. The zero-order valence-electron chi connectivity index (χ0n) is 14.1. The summed E-state index contributed by atoms with van der Waals surface area (Å²) in [4.78, 5) is 16.3. The van der Waals surface area contributed by atoms with Crippen molar-refractivity contribution in [2.45, 2.75) is 19.9 Å². The molecule has 25 heavy (non-hydrogen) atoms. The average molecular weight is 337 g/mol. The van der Waals surface area contributed by atoms with Gasteiger partial charge in [-0.3, -0.25) is 4.79 Å². The molecule has 3 aromatic rings. The third-order valence-electron chi connectivity index (χ3n) is 4.01. The molecule has 0 spiro atoms. The maximum absolute atomic E-state index is 13.1. The van der Waals surface area contributed by atoms with Gasteiger partial charge in [0.25, 0.3) is 0 Å². The number of benzene rings is 2. The van der Waals surface area contributed by atoms with Crippen molar-refractivity contribution < 1.29 is 9.18 Å². The third-order valence-corrected chi connectivity index (χ3v) is 4.01. The largest absolute Gasteiger partial charge is 0.352 e. The first-order valence-electron chi connectivity index (χ1n) is 8.17. The van der Waals surface area contributed by atoms with Crippen molar-refractivity contribution in [1.82, 2.24) is 14.9 Å². The molecule has 0 atom stereocenters. The first kappa shape index (κ1) is 16.9. The van der Waals surface area contributed by atoms with E-state index in [0.717, 1.165) is 22.4 Å². The Kier molecular flexibility index (Phi) is 4.93. The number of rotatable bonds is 6. The highest BCUT2D eigenvalue weighted by Crippen LogP contribution is 2.18. The Morgan fingerprint density at radius 2 is 1.92 bits per heavy atom. The summed E-state index contributed by atoms with van der Waals surface area (Å²) in [6.45, 7) is 6.40. The van der Waals surface area contributed by atoms with Crippen molar-refractivity contribution in [2.75, 3.05) is 6.54 Å². The molecule has 0 aliphatic heterocycles. The first-order valence-corrected chi connectivity index (χ1v) is 8.17. The van der Waals surface area contributed by atoms with Gasteiger partial charge in [0.15, 0.2) is 0 Å². The predicted molar refractivity (Wildman–Crippen MR) is 96.8 cm³/mol. The highest BCUT2D eigenvalue weighted by molar-refractivity contribution is 5.92. The van der Waals surface area contributed by atoms with Crippen LogP contribution < -0.4 is 5.32 Å². The summed E-state index contributed by atoms with van der Waals surface area (Å²) < 4.78 is 15.2. The van der Waals surface area contributed by atoms with E-state index in [9.17, 15) is 9.18 Å². The van der Waals surface area contributed by atoms with Crippen LogP contribution in [0.2, 0.25) is 0 Å². The molecule has 0 saturated heterocycles. The van der Waals surface area contributed by atoms with Gasteiger partial charge in [-0.2, -0.15) is 0 Å². The average Bonchev–Trinajstić information content (AvgIpc) is 2.94. The van der Waals surface area contributed by atoms with Crippen LogP contribution in [0.1, 0.15) is 18.3 Å². The lowest BCUT2D eigenvalue weighted by atomic mass is 10.2. The fourth-order valence-electron chi connectivity index (χ4n) is 2.70. The third kappa shape index (κ3) is 3.94. The fraction of sp³-hybridized carbons (Fsp3) is 0.200. The maximum Gasteiger partial charge on any atom is 0.246 e. The van der Waals surface area contributed by atoms with Crippen molar-refractivity contribution in [2.24, 2.45) is 0 Å². The summed E-state index contributed by atoms with van der Waals surface area (Å²) in [7, 11) is 0. The van der Waals surface area contributed by atoms with Crippen LogP contribution in [0.3, 0.4) is 0 Å². The SMILES string of the molecule is C=C(C)C(=O)NCCc1nc2ccccc2n1Cc1ccc(F)cc1. The second-order valence-corrected chi connectivity index (χ2v) is 6.02. The molecule has 1 aromatic heterocycles. The van der Waals surface area contributed by atoms with E-state index in [2.05, 4.69) is 21.4 Å². The smallest absolute Gasteiger partial charge is 0.246 e. The topological polar surface area (TPSA) is 46.9 Å². The minimum Gasteiger partial charge on any atom is -0.352 e. The summed E-state index contributed by atoms with van der Waals surface area (Å²) in [6, 6.07) is 14.4. The molecule has 2 aromatic carbocycles. The van der Waals surface area contributed by atoms with Gasteiger partial charge >= 0.3 is 0 Å². The van der Waals surface area contributed by atoms with E-state index in [4.69, 9.17) is 0 Å². The van der Waals surface area contributed by atoms with E-state index in [1.165, 1.54) is 12.1 Å². The molecule has 1 heterocycles. The lowest BCUT2D eigenvalue weighted by Crippen LogP contribution is -2.26. The number of amides is 1. The number of hydrogen-bond acceptors (Lipinski definition) is 2. The van der Waals surface area contributed by atoms with Gasteiger partial charge in [0.2, 0.25) is 5.91 Å². The quantitative estimate of drug-likeness (QED) is 0.700. The van der Waals surface area contributed by atoms with Gasteiger partial charge in [0.1, 0.15) is 11.6 Å². The number of halogens is 1. The van der Waals surface area contributed by atoms with Gasteiger partial charge in [-0.25, -0.2) is 9.37 Å². The van der Waals surface area contributed by atoms with Crippen molar-refractivity contribution in [3.8, 4) is 0 Å². The predicted octanol–water partition coefficient (Wildman–Crippen LogP) is 3.46. The molecule has 4 nitrogen and oxygen atoms in total. The van der Waals surface area contributed by atoms with E-state index in [-0.39, 0.29) is 11.7 Å². The van der Waals surface area contributed by atoms with E-state index in [1.54, 1.807) is 19.1 Å². The van der Waals surface area contributed by atoms with Gasteiger partial charge in [-0.15, -0.1) is 0 Å². The van der Waals surface area contributed by atoms with Crippen LogP contribution in [0.4, 0.5) is 4.39 Å². The van der Waals surface area contributed by atoms with Gasteiger partial charge < -0.3 is 9.88 Å². The van der Waals surface area contributed by atoms with Crippen LogP contribution in [0.5, 0.6) is 0 Å². The summed E-state index contributed by atoms with van der Waals surface area (Å²) >= 11 is 0. The van der Waals surface area contributed by atoms with E-state index in [0.29, 0.717) is 25.1 Å². The summed E-state index contributed by atoms with van der Waals surface area (Å²) in [6.07, 6.45) is 0.606. The Morgan fingerprint density at radius 1 is 1.20 bits per heavy atom. The van der Waals surface area contributed by atoms with Crippen LogP contribution in [0.25, 0.3) is 11.0 Å². The molecule has 0 bridgehead atoms. The lowest BCUT2D eigenvalue weighted by molar-refractivity contribution is -0.117. The normalized spacial score (nSPS) is 10.8. The number of hydrogen-bond donors (Lipinski definition) is 1. The molecule has 0 unspecified atom stereocenters. The number of nitrogens with zero attached hydrogens (tertiary/aromatic N) is 2. The standard InChI is InChI=1S/C20H20FN3O/c1-14(2)20(25)22-12-11-19-23-17-5-3-4-6-18(17)24(19)13-15-7-9-16(21)10-8-15/h3-10H,1,11-13H2,2H3,(H,22,25). The van der Waals surface area contributed by atoms with Crippen LogP contribution >= 0.6 is 0 Å². The molecule has 128 valence electrons. The maximum atomic E-state index is 13.1. The monoisotopic (exact) mass is 337 g/mol. The molecular weight excluding hydrogens is 317 g/mol. The Labute approximate surface area is 146 Å². The molecule has 5 heteroatoms. The fourth-order valence-corrected chi connectivity index (χ4v) is 2.70.